The van der Waals surface area contributed by atoms with Crippen molar-refractivity contribution in [3.05, 3.63) is 77.9 Å². The molecule has 0 atom stereocenters. The van der Waals surface area contributed by atoms with Gasteiger partial charge in [0.15, 0.2) is 16.6 Å². The Bertz CT molecular complexity index is 1040. The van der Waals surface area contributed by atoms with Crippen LogP contribution < -0.4 is 5.32 Å². The SMILES string of the molecule is O=C(Nc1nc(-c2ccccc2)cs1)c1nn(-c2ccccc2)cc1O. The minimum Gasteiger partial charge on any atom is -0.504 e. The van der Waals surface area contributed by atoms with Gasteiger partial charge in [-0.25, -0.2) is 9.67 Å². The summed E-state index contributed by atoms with van der Waals surface area (Å²) in [6.07, 6.45) is 1.40. The Morgan fingerprint density at radius 1 is 1.04 bits per heavy atom. The van der Waals surface area contributed by atoms with E-state index in [9.17, 15) is 9.90 Å². The van der Waals surface area contributed by atoms with Gasteiger partial charge in [-0.1, -0.05) is 48.5 Å². The number of hydrogen-bond donors (Lipinski definition) is 2. The Labute approximate surface area is 153 Å². The number of benzene rings is 2. The number of nitrogens with zero attached hydrogens (tertiary/aromatic N) is 3. The van der Waals surface area contributed by atoms with Crippen molar-refractivity contribution in [3.8, 4) is 22.7 Å². The lowest BCUT2D eigenvalue weighted by Crippen LogP contribution is -2.13. The molecule has 1 amide bonds. The first-order valence-corrected chi connectivity index (χ1v) is 8.75. The van der Waals surface area contributed by atoms with E-state index in [2.05, 4.69) is 15.4 Å². The lowest BCUT2D eigenvalue weighted by Gasteiger charge is -2.00. The number of carbonyl (C=O) groups excluding carboxylic acids is 1. The number of para-hydroxylation sites is 1. The molecule has 0 spiro atoms. The van der Waals surface area contributed by atoms with Gasteiger partial charge in [0.1, 0.15) is 0 Å². The minimum absolute atomic E-state index is 0.0506. The van der Waals surface area contributed by atoms with E-state index in [1.54, 1.807) is 0 Å². The average Bonchev–Trinajstić information content (AvgIpc) is 3.30. The van der Waals surface area contributed by atoms with Crippen molar-refractivity contribution >= 4 is 22.4 Å². The Kier molecular flexibility index (Phi) is 4.20. The van der Waals surface area contributed by atoms with Gasteiger partial charge >= 0.3 is 0 Å². The van der Waals surface area contributed by atoms with Crippen molar-refractivity contribution in [2.45, 2.75) is 0 Å². The fourth-order valence-corrected chi connectivity index (χ4v) is 3.18. The number of anilines is 1. The van der Waals surface area contributed by atoms with Crippen LogP contribution in [0.3, 0.4) is 0 Å². The second-order valence-corrected chi connectivity index (χ2v) is 6.36. The number of rotatable bonds is 4. The molecule has 0 aliphatic rings. The van der Waals surface area contributed by atoms with Crippen LogP contribution in [0.25, 0.3) is 16.9 Å². The maximum Gasteiger partial charge on any atom is 0.281 e. The largest absolute Gasteiger partial charge is 0.504 e. The molecule has 4 aromatic rings. The van der Waals surface area contributed by atoms with Crippen LogP contribution in [-0.4, -0.2) is 25.8 Å². The van der Waals surface area contributed by atoms with Crippen LogP contribution in [0.1, 0.15) is 10.5 Å². The zero-order valence-electron chi connectivity index (χ0n) is 13.5. The summed E-state index contributed by atoms with van der Waals surface area (Å²) in [6.45, 7) is 0. The van der Waals surface area contributed by atoms with Crippen molar-refractivity contribution in [2.24, 2.45) is 0 Å². The summed E-state index contributed by atoms with van der Waals surface area (Å²) in [7, 11) is 0. The van der Waals surface area contributed by atoms with Crippen LogP contribution in [0.15, 0.2) is 72.2 Å². The standard InChI is InChI=1S/C19H14N4O2S/c24-16-11-23(14-9-5-2-6-10-14)22-17(16)18(25)21-19-20-15(12-26-19)13-7-3-1-4-8-13/h1-12,24H,(H,20,21,25). The number of carbonyl (C=O) groups is 1. The summed E-state index contributed by atoms with van der Waals surface area (Å²) in [5.74, 6) is -0.697. The number of amides is 1. The van der Waals surface area contributed by atoms with Crippen LogP contribution in [0.5, 0.6) is 5.75 Å². The number of aromatic nitrogens is 3. The topological polar surface area (TPSA) is 80.0 Å². The number of nitrogens with one attached hydrogen (secondary N) is 1. The third-order valence-corrected chi connectivity index (χ3v) is 4.48. The van der Waals surface area contributed by atoms with E-state index in [-0.39, 0.29) is 11.4 Å². The molecule has 0 unspecified atom stereocenters. The van der Waals surface area contributed by atoms with Gasteiger partial charge in [0.05, 0.1) is 17.6 Å². The molecule has 0 saturated carbocycles. The van der Waals surface area contributed by atoms with Crippen LogP contribution >= 0.6 is 11.3 Å². The maximum absolute atomic E-state index is 12.4. The molecule has 6 nitrogen and oxygen atoms in total. The van der Waals surface area contributed by atoms with Crippen molar-refractivity contribution in [2.75, 3.05) is 5.32 Å². The van der Waals surface area contributed by atoms with Gasteiger partial charge in [-0.3, -0.25) is 10.1 Å². The van der Waals surface area contributed by atoms with Gasteiger partial charge in [-0.2, -0.15) is 5.10 Å². The highest BCUT2D eigenvalue weighted by atomic mass is 32.1. The summed E-state index contributed by atoms with van der Waals surface area (Å²) >= 11 is 1.32. The number of thiazole rings is 1. The zero-order chi connectivity index (χ0) is 17.9. The van der Waals surface area contributed by atoms with Crippen molar-refractivity contribution in [1.82, 2.24) is 14.8 Å². The molecule has 0 saturated heterocycles. The Balaban J connectivity index is 1.54. The average molecular weight is 362 g/mol. The molecule has 26 heavy (non-hydrogen) atoms. The third kappa shape index (κ3) is 3.20. The molecule has 4 rings (SSSR count). The molecule has 0 bridgehead atoms. The lowest BCUT2D eigenvalue weighted by molar-refractivity contribution is 0.101. The zero-order valence-corrected chi connectivity index (χ0v) is 14.4. The third-order valence-electron chi connectivity index (χ3n) is 3.72. The van der Waals surface area contributed by atoms with E-state index >= 15 is 0 Å². The molecule has 0 fully saturated rings. The van der Waals surface area contributed by atoms with Gasteiger partial charge in [0.25, 0.3) is 5.91 Å². The fourth-order valence-electron chi connectivity index (χ4n) is 2.47. The number of hydrogen-bond acceptors (Lipinski definition) is 5. The predicted octanol–water partition coefficient (Wildman–Crippen LogP) is 3.95. The number of aromatic hydroxyl groups is 1. The molecule has 2 aromatic carbocycles. The van der Waals surface area contributed by atoms with E-state index in [0.29, 0.717) is 5.13 Å². The molecule has 2 heterocycles. The molecular weight excluding hydrogens is 348 g/mol. The van der Waals surface area contributed by atoms with Gasteiger partial charge in [0, 0.05) is 10.9 Å². The molecule has 0 radical (unpaired) electrons. The highest BCUT2D eigenvalue weighted by Gasteiger charge is 2.18. The summed E-state index contributed by atoms with van der Waals surface area (Å²) in [5, 5.41) is 19.2. The second-order valence-electron chi connectivity index (χ2n) is 5.50. The molecule has 0 aliphatic heterocycles. The Morgan fingerprint density at radius 3 is 2.46 bits per heavy atom. The highest BCUT2D eigenvalue weighted by Crippen LogP contribution is 2.26. The van der Waals surface area contributed by atoms with Crippen LogP contribution in [0.2, 0.25) is 0 Å². The summed E-state index contributed by atoms with van der Waals surface area (Å²) in [5.41, 5.74) is 2.46. The molecule has 128 valence electrons. The molecular formula is C19H14N4O2S. The van der Waals surface area contributed by atoms with Crippen molar-refractivity contribution < 1.29 is 9.90 Å². The summed E-state index contributed by atoms with van der Waals surface area (Å²) in [4.78, 5) is 16.9. The molecule has 2 N–H and O–H groups in total. The van der Waals surface area contributed by atoms with Crippen molar-refractivity contribution in [1.29, 1.82) is 0 Å². The lowest BCUT2D eigenvalue weighted by atomic mass is 10.2. The Morgan fingerprint density at radius 2 is 1.73 bits per heavy atom. The monoisotopic (exact) mass is 362 g/mol. The van der Waals surface area contributed by atoms with E-state index < -0.39 is 5.91 Å². The van der Waals surface area contributed by atoms with E-state index in [4.69, 9.17) is 0 Å². The first-order valence-electron chi connectivity index (χ1n) is 7.87. The van der Waals surface area contributed by atoms with E-state index in [1.165, 1.54) is 22.2 Å². The van der Waals surface area contributed by atoms with Gasteiger partial charge in [-0.15, -0.1) is 11.3 Å². The van der Waals surface area contributed by atoms with E-state index in [0.717, 1.165) is 16.9 Å². The Hall–Kier alpha value is -3.45. The first kappa shape index (κ1) is 16.0. The first-order chi connectivity index (χ1) is 12.7. The van der Waals surface area contributed by atoms with Crippen LogP contribution in [0.4, 0.5) is 5.13 Å². The minimum atomic E-state index is -0.508. The van der Waals surface area contributed by atoms with Crippen molar-refractivity contribution in [3.63, 3.8) is 0 Å². The highest BCUT2D eigenvalue weighted by molar-refractivity contribution is 7.14. The molecule has 7 heteroatoms. The van der Waals surface area contributed by atoms with Crippen LogP contribution in [-0.2, 0) is 0 Å². The normalized spacial score (nSPS) is 10.6. The fraction of sp³-hybridized carbons (Fsp3) is 0. The van der Waals surface area contributed by atoms with Gasteiger partial charge < -0.3 is 5.11 Å². The summed E-state index contributed by atoms with van der Waals surface area (Å²) in [6, 6.07) is 19.0. The van der Waals surface area contributed by atoms with E-state index in [1.807, 2.05) is 66.0 Å². The second kappa shape index (κ2) is 6.81. The molecule has 0 aliphatic carbocycles. The maximum atomic E-state index is 12.4. The molecule has 2 aromatic heterocycles. The van der Waals surface area contributed by atoms with Crippen LogP contribution in [0, 0.1) is 0 Å². The summed E-state index contributed by atoms with van der Waals surface area (Å²) < 4.78 is 1.46. The van der Waals surface area contributed by atoms with Gasteiger partial charge in [-0.05, 0) is 12.1 Å². The van der Waals surface area contributed by atoms with Gasteiger partial charge in [0.2, 0.25) is 0 Å². The smallest absolute Gasteiger partial charge is 0.281 e. The predicted molar refractivity (Wildman–Crippen MR) is 101 cm³/mol. The quantitative estimate of drug-likeness (QED) is 0.576.